The number of rotatable bonds is 3. The number of aromatic nitrogens is 1. The molecule has 1 aromatic carbocycles. The lowest BCUT2D eigenvalue weighted by Gasteiger charge is -2.09. The Labute approximate surface area is 112 Å². The van der Waals surface area contributed by atoms with Gasteiger partial charge in [-0.1, -0.05) is 30.3 Å². The van der Waals surface area contributed by atoms with Crippen LogP contribution in [0.25, 0.3) is 0 Å². The maximum absolute atomic E-state index is 11.4. The van der Waals surface area contributed by atoms with Gasteiger partial charge in [-0.3, -0.25) is 0 Å². The van der Waals surface area contributed by atoms with Gasteiger partial charge < -0.3 is 9.72 Å². The first kappa shape index (κ1) is 12.0. The molecule has 19 heavy (non-hydrogen) atoms. The monoisotopic (exact) mass is 255 g/mol. The molecule has 0 saturated heterocycles. The summed E-state index contributed by atoms with van der Waals surface area (Å²) in [4.78, 5) is 14.6. The third-order valence-electron chi connectivity index (χ3n) is 3.77. The van der Waals surface area contributed by atoms with Gasteiger partial charge >= 0.3 is 5.97 Å². The normalized spacial score (nSPS) is 17.2. The second-order valence-corrected chi connectivity index (χ2v) is 5.14. The number of benzene rings is 1. The molecule has 1 aromatic heterocycles. The summed E-state index contributed by atoms with van der Waals surface area (Å²) in [5.74, 6) is 0.351. The van der Waals surface area contributed by atoms with E-state index in [9.17, 15) is 4.79 Å². The van der Waals surface area contributed by atoms with Crippen LogP contribution in [0.4, 0.5) is 0 Å². The number of ether oxygens (including phenoxy) is 1. The first-order valence-corrected chi connectivity index (χ1v) is 6.59. The summed E-state index contributed by atoms with van der Waals surface area (Å²) in [5, 5.41) is 0. The lowest BCUT2D eigenvalue weighted by molar-refractivity contribution is 0.0594. The fourth-order valence-corrected chi connectivity index (χ4v) is 2.89. The summed E-state index contributed by atoms with van der Waals surface area (Å²) in [7, 11) is 1.41. The second-order valence-electron chi connectivity index (χ2n) is 5.14. The summed E-state index contributed by atoms with van der Waals surface area (Å²) in [6, 6.07) is 12.5. The first-order chi connectivity index (χ1) is 9.26. The number of carbonyl (C=O) groups is 1. The van der Waals surface area contributed by atoms with E-state index in [4.69, 9.17) is 4.74 Å². The van der Waals surface area contributed by atoms with E-state index in [2.05, 4.69) is 29.2 Å². The average molecular weight is 255 g/mol. The molecule has 1 atom stereocenters. The molecule has 0 saturated carbocycles. The number of aromatic amines is 1. The fraction of sp³-hybridized carbons (Fsp3) is 0.312. The Balaban J connectivity index is 1.68. The minimum absolute atomic E-state index is 0.283. The number of fused-ring (bicyclic) bond motifs is 1. The van der Waals surface area contributed by atoms with Crippen LogP contribution in [0.1, 0.15) is 27.3 Å². The van der Waals surface area contributed by atoms with Crippen LogP contribution in [0, 0.1) is 5.92 Å². The molecule has 3 nitrogen and oxygen atoms in total. The van der Waals surface area contributed by atoms with Gasteiger partial charge in [-0.15, -0.1) is 0 Å². The largest absolute Gasteiger partial charge is 0.464 e. The van der Waals surface area contributed by atoms with Crippen LogP contribution in [0.3, 0.4) is 0 Å². The standard InChI is InChI=1S/C16H17NO2/c1-19-16(18)15-10-13-8-12(9-14(13)17-15)7-11-5-3-2-4-6-11/h2-6,10,12,17H,7-9H2,1H3. The summed E-state index contributed by atoms with van der Waals surface area (Å²) in [5.41, 5.74) is 4.42. The first-order valence-electron chi connectivity index (χ1n) is 6.59. The smallest absolute Gasteiger partial charge is 0.354 e. The van der Waals surface area contributed by atoms with E-state index in [1.165, 1.54) is 23.9 Å². The predicted molar refractivity (Wildman–Crippen MR) is 73.2 cm³/mol. The van der Waals surface area contributed by atoms with Crippen LogP contribution >= 0.6 is 0 Å². The zero-order valence-corrected chi connectivity index (χ0v) is 11.0. The molecule has 1 heterocycles. The number of H-pyrrole nitrogens is 1. The number of hydrogen-bond acceptors (Lipinski definition) is 2. The second kappa shape index (κ2) is 4.92. The van der Waals surface area contributed by atoms with Crippen molar-refractivity contribution < 1.29 is 9.53 Å². The molecule has 2 aromatic rings. The molecule has 1 aliphatic carbocycles. The molecule has 0 radical (unpaired) electrons. The molecular formula is C16H17NO2. The van der Waals surface area contributed by atoms with Crippen molar-refractivity contribution in [3.05, 3.63) is 58.9 Å². The Bertz CT molecular complexity index is 563. The van der Waals surface area contributed by atoms with Crippen LogP contribution < -0.4 is 0 Å². The molecule has 1 unspecified atom stereocenters. The van der Waals surface area contributed by atoms with Crippen molar-refractivity contribution in [2.75, 3.05) is 7.11 Å². The molecule has 0 bridgehead atoms. The molecule has 0 fully saturated rings. The van der Waals surface area contributed by atoms with Crippen molar-refractivity contribution in [3.8, 4) is 0 Å². The van der Waals surface area contributed by atoms with Crippen molar-refractivity contribution in [2.45, 2.75) is 19.3 Å². The minimum atomic E-state index is -0.283. The van der Waals surface area contributed by atoms with Crippen LogP contribution in [0.2, 0.25) is 0 Å². The third-order valence-corrected chi connectivity index (χ3v) is 3.77. The molecule has 0 aliphatic heterocycles. The number of nitrogens with one attached hydrogen (secondary N) is 1. The van der Waals surface area contributed by atoms with Gasteiger partial charge in [-0.05, 0) is 42.4 Å². The van der Waals surface area contributed by atoms with E-state index in [0.717, 1.165) is 19.3 Å². The lowest BCUT2D eigenvalue weighted by atomic mass is 9.97. The van der Waals surface area contributed by atoms with E-state index < -0.39 is 0 Å². The van der Waals surface area contributed by atoms with Crippen molar-refractivity contribution in [1.82, 2.24) is 4.98 Å². The highest BCUT2D eigenvalue weighted by atomic mass is 16.5. The lowest BCUT2D eigenvalue weighted by Crippen LogP contribution is -2.06. The summed E-state index contributed by atoms with van der Waals surface area (Å²) >= 11 is 0. The molecule has 0 spiro atoms. The maximum atomic E-state index is 11.4. The fourth-order valence-electron chi connectivity index (χ4n) is 2.89. The van der Waals surface area contributed by atoms with E-state index >= 15 is 0 Å². The number of carbonyl (C=O) groups excluding carboxylic acids is 1. The highest BCUT2D eigenvalue weighted by Gasteiger charge is 2.25. The van der Waals surface area contributed by atoms with Gasteiger partial charge in [0.1, 0.15) is 5.69 Å². The number of methoxy groups -OCH3 is 1. The Hall–Kier alpha value is -2.03. The van der Waals surface area contributed by atoms with Gasteiger partial charge in [0.15, 0.2) is 0 Å². The Morgan fingerprint density at radius 2 is 2.11 bits per heavy atom. The molecule has 1 N–H and O–H groups in total. The van der Waals surface area contributed by atoms with E-state index in [0.29, 0.717) is 11.6 Å². The Morgan fingerprint density at radius 3 is 2.79 bits per heavy atom. The SMILES string of the molecule is COC(=O)c1cc2c([nH]1)CC(Cc1ccccc1)C2. The third kappa shape index (κ3) is 2.41. The molecule has 98 valence electrons. The summed E-state index contributed by atoms with van der Waals surface area (Å²) < 4.78 is 4.73. The van der Waals surface area contributed by atoms with Gasteiger partial charge in [0.2, 0.25) is 0 Å². The van der Waals surface area contributed by atoms with Crippen LogP contribution in [-0.2, 0) is 24.0 Å². The zero-order chi connectivity index (χ0) is 13.2. The molecule has 3 heteroatoms. The van der Waals surface area contributed by atoms with Crippen LogP contribution in [0.5, 0.6) is 0 Å². The van der Waals surface area contributed by atoms with E-state index in [-0.39, 0.29) is 5.97 Å². The number of esters is 1. The van der Waals surface area contributed by atoms with Gasteiger partial charge in [0.25, 0.3) is 0 Å². The molecule has 0 amide bonds. The molecule has 1 aliphatic rings. The quantitative estimate of drug-likeness (QED) is 0.857. The maximum Gasteiger partial charge on any atom is 0.354 e. The Morgan fingerprint density at radius 1 is 1.32 bits per heavy atom. The van der Waals surface area contributed by atoms with Gasteiger partial charge in [-0.25, -0.2) is 4.79 Å². The topological polar surface area (TPSA) is 42.1 Å². The van der Waals surface area contributed by atoms with Crippen LogP contribution in [0.15, 0.2) is 36.4 Å². The van der Waals surface area contributed by atoms with Crippen molar-refractivity contribution in [1.29, 1.82) is 0 Å². The number of hydrogen-bond donors (Lipinski definition) is 1. The molecular weight excluding hydrogens is 238 g/mol. The van der Waals surface area contributed by atoms with E-state index in [1.807, 2.05) is 12.1 Å². The Kier molecular flexibility index (Phi) is 3.11. The highest BCUT2D eigenvalue weighted by molar-refractivity contribution is 5.87. The average Bonchev–Trinajstić information content (AvgIpc) is 2.97. The van der Waals surface area contributed by atoms with Crippen molar-refractivity contribution >= 4 is 5.97 Å². The zero-order valence-electron chi connectivity index (χ0n) is 11.0. The molecule has 3 rings (SSSR count). The van der Waals surface area contributed by atoms with Gasteiger partial charge in [0.05, 0.1) is 7.11 Å². The summed E-state index contributed by atoms with van der Waals surface area (Å²) in [6.45, 7) is 0. The van der Waals surface area contributed by atoms with Gasteiger partial charge in [0, 0.05) is 5.69 Å². The van der Waals surface area contributed by atoms with E-state index in [1.54, 1.807) is 0 Å². The minimum Gasteiger partial charge on any atom is -0.464 e. The highest BCUT2D eigenvalue weighted by Crippen LogP contribution is 2.29. The van der Waals surface area contributed by atoms with Gasteiger partial charge in [-0.2, -0.15) is 0 Å². The van der Waals surface area contributed by atoms with Crippen molar-refractivity contribution in [2.24, 2.45) is 5.92 Å². The summed E-state index contributed by atoms with van der Waals surface area (Å²) in [6.07, 6.45) is 3.15. The predicted octanol–water partition coefficient (Wildman–Crippen LogP) is 2.76. The van der Waals surface area contributed by atoms with Crippen LogP contribution in [-0.4, -0.2) is 18.1 Å². The van der Waals surface area contributed by atoms with Crippen molar-refractivity contribution in [3.63, 3.8) is 0 Å².